The maximum absolute atomic E-state index is 12.6. The first-order valence-corrected chi connectivity index (χ1v) is 8.42. The second kappa shape index (κ2) is 6.95. The standard InChI is InChI=1S/C20H16Cl2O3/c1-11(2)10-24-17-7-6-15-19(23)18(25-20(15)12(17)3)8-13-4-5-14(21)9-16(13)22/h4-9H,1,10H2,2-3H3/b18-8-. The maximum Gasteiger partial charge on any atom is 0.231 e. The summed E-state index contributed by atoms with van der Waals surface area (Å²) in [4.78, 5) is 12.6. The van der Waals surface area contributed by atoms with E-state index in [0.717, 1.165) is 11.1 Å². The van der Waals surface area contributed by atoms with Gasteiger partial charge in [-0.1, -0.05) is 35.8 Å². The van der Waals surface area contributed by atoms with Gasteiger partial charge in [0.15, 0.2) is 5.76 Å². The lowest BCUT2D eigenvalue weighted by molar-refractivity contribution is 0.101. The summed E-state index contributed by atoms with van der Waals surface area (Å²) in [5.74, 6) is 1.22. The van der Waals surface area contributed by atoms with Crippen molar-refractivity contribution < 1.29 is 14.3 Å². The molecule has 2 aromatic rings. The van der Waals surface area contributed by atoms with E-state index in [9.17, 15) is 4.79 Å². The fourth-order valence-corrected chi connectivity index (χ4v) is 2.95. The molecular formula is C20H16Cl2O3. The zero-order valence-electron chi connectivity index (χ0n) is 13.9. The van der Waals surface area contributed by atoms with Crippen molar-refractivity contribution in [2.24, 2.45) is 0 Å². The molecular weight excluding hydrogens is 359 g/mol. The van der Waals surface area contributed by atoms with Crippen LogP contribution in [0.2, 0.25) is 10.0 Å². The van der Waals surface area contributed by atoms with Crippen LogP contribution in [0, 0.1) is 6.92 Å². The summed E-state index contributed by atoms with van der Waals surface area (Å²) in [5.41, 5.74) is 2.86. The van der Waals surface area contributed by atoms with Crippen molar-refractivity contribution in [2.45, 2.75) is 13.8 Å². The summed E-state index contributed by atoms with van der Waals surface area (Å²) in [6.07, 6.45) is 1.62. The van der Waals surface area contributed by atoms with Gasteiger partial charge < -0.3 is 9.47 Å². The van der Waals surface area contributed by atoms with Crippen LogP contribution in [0.5, 0.6) is 11.5 Å². The van der Waals surface area contributed by atoms with Gasteiger partial charge in [-0.25, -0.2) is 0 Å². The molecule has 0 aliphatic carbocycles. The van der Waals surface area contributed by atoms with Crippen molar-refractivity contribution in [3.8, 4) is 11.5 Å². The Labute approximate surface area is 156 Å². The highest BCUT2D eigenvalue weighted by atomic mass is 35.5. The van der Waals surface area contributed by atoms with Crippen LogP contribution in [0.1, 0.15) is 28.4 Å². The van der Waals surface area contributed by atoms with Crippen LogP contribution >= 0.6 is 23.2 Å². The van der Waals surface area contributed by atoms with Crippen molar-refractivity contribution in [1.82, 2.24) is 0 Å². The number of hydrogen-bond donors (Lipinski definition) is 0. The summed E-state index contributed by atoms with van der Waals surface area (Å²) < 4.78 is 11.5. The van der Waals surface area contributed by atoms with Gasteiger partial charge in [-0.3, -0.25) is 4.79 Å². The van der Waals surface area contributed by atoms with Crippen LogP contribution in [0.3, 0.4) is 0 Å². The highest BCUT2D eigenvalue weighted by Crippen LogP contribution is 2.39. The number of fused-ring (bicyclic) bond motifs is 1. The second-order valence-corrected chi connectivity index (χ2v) is 6.76. The summed E-state index contributed by atoms with van der Waals surface area (Å²) in [6.45, 7) is 7.98. The number of ether oxygens (including phenoxy) is 2. The number of ketones is 1. The molecule has 25 heavy (non-hydrogen) atoms. The molecule has 0 unspecified atom stereocenters. The van der Waals surface area contributed by atoms with E-state index in [1.165, 1.54) is 0 Å². The molecule has 128 valence electrons. The third kappa shape index (κ3) is 3.58. The number of halogens is 2. The lowest BCUT2D eigenvalue weighted by atomic mass is 10.1. The Morgan fingerprint density at radius 2 is 2.04 bits per heavy atom. The smallest absolute Gasteiger partial charge is 0.231 e. The third-order valence-corrected chi connectivity index (χ3v) is 4.32. The van der Waals surface area contributed by atoms with Crippen LogP contribution in [-0.2, 0) is 0 Å². The molecule has 0 amide bonds. The van der Waals surface area contributed by atoms with E-state index in [1.807, 2.05) is 13.8 Å². The molecule has 2 aromatic carbocycles. The summed E-state index contributed by atoms with van der Waals surface area (Å²) in [7, 11) is 0. The molecule has 0 spiro atoms. The van der Waals surface area contributed by atoms with Crippen LogP contribution in [0.15, 0.2) is 48.2 Å². The molecule has 0 fully saturated rings. The minimum atomic E-state index is -0.185. The van der Waals surface area contributed by atoms with Gasteiger partial charge in [0.05, 0.1) is 5.56 Å². The molecule has 3 rings (SSSR count). The van der Waals surface area contributed by atoms with Gasteiger partial charge in [-0.05, 0) is 55.3 Å². The molecule has 3 nitrogen and oxygen atoms in total. The maximum atomic E-state index is 12.6. The normalized spacial score (nSPS) is 14.4. The average Bonchev–Trinajstić information content (AvgIpc) is 2.87. The molecule has 0 radical (unpaired) electrons. The third-order valence-electron chi connectivity index (χ3n) is 3.76. The molecule has 1 aliphatic rings. The Balaban J connectivity index is 1.94. The van der Waals surface area contributed by atoms with E-state index in [0.29, 0.717) is 39.3 Å². The minimum Gasteiger partial charge on any atom is -0.489 e. The Kier molecular flexibility index (Phi) is 4.89. The Morgan fingerprint density at radius 1 is 1.28 bits per heavy atom. The summed E-state index contributed by atoms with van der Waals surface area (Å²) in [6, 6.07) is 8.56. The average molecular weight is 375 g/mol. The molecule has 1 heterocycles. The number of carbonyl (C=O) groups is 1. The Hall–Kier alpha value is -2.23. The molecule has 5 heteroatoms. The first-order valence-electron chi connectivity index (χ1n) is 7.67. The fourth-order valence-electron chi connectivity index (χ4n) is 2.49. The van der Waals surface area contributed by atoms with Gasteiger partial charge in [-0.2, -0.15) is 0 Å². The number of benzene rings is 2. The monoisotopic (exact) mass is 374 g/mol. The quantitative estimate of drug-likeness (QED) is 0.495. The largest absolute Gasteiger partial charge is 0.489 e. The fraction of sp³-hybridized carbons (Fsp3) is 0.150. The van der Waals surface area contributed by atoms with Crippen molar-refractivity contribution >= 4 is 35.1 Å². The molecule has 1 aliphatic heterocycles. The predicted octanol–water partition coefficient (Wildman–Crippen LogP) is 5.87. The van der Waals surface area contributed by atoms with Crippen molar-refractivity contribution in [2.75, 3.05) is 6.61 Å². The van der Waals surface area contributed by atoms with Crippen molar-refractivity contribution in [3.05, 3.63) is 75.0 Å². The highest BCUT2D eigenvalue weighted by molar-refractivity contribution is 6.35. The number of rotatable bonds is 4. The van der Waals surface area contributed by atoms with Gasteiger partial charge in [0.2, 0.25) is 5.78 Å². The first kappa shape index (κ1) is 17.6. The topological polar surface area (TPSA) is 35.5 Å². The van der Waals surface area contributed by atoms with Gasteiger partial charge in [0.1, 0.15) is 18.1 Å². The number of hydrogen-bond acceptors (Lipinski definition) is 3. The van der Waals surface area contributed by atoms with E-state index in [-0.39, 0.29) is 11.5 Å². The van der Waals surface area contributed by atoms with Crippen LogP contribution in [0.4, 0.5) is 0 Å². The number of carbonyl (C=O) groups excluding carboxylic acids is 1. The van der Waals surface area contributed by atoms with Crippen molar-refractivity contribution in [1.29, 1.82) is 0 Å². The van der Waals surface area contributed by atoms with Crippen LogP contribution < -0.4 is 9.47 Å². The molecule has 0 saturated carbocycles. The zero-order valence-corrected chi connectivity index (χ0v) is 15.4. The lowest BCUT2D eigenvalue weighted by Crippen LogP contribution is -2.00. The van der Waals surface area contributed by atoms with E-state index >= 15 is 0 Å². The second-order valence-electron chi connectivity index (χ2n) is 5.92. The molecule has 0 atom stereocenters. The van der Waals surface area contributed by atoms with E-state index in [1.54, 1.807) is 36.4 Å². The van der Waals surface area contributed by atoms with Gasteiger partial charge >= 0.3 is 0 Å². The Morgan fingerprint density at radius 3 is 2.72 bits per heavy atom. The Bertz CT molecular complexity index is 913. The van der Waals surface area contributed by atoms with Gasteiger partial charge in [0, 0.05) is 15.6 Å². The zero-order chi connectivity index (χ0) is 18.1. The van der Waals surface area contributed by atoms with Crippen molar-refractivity contribution in [3.63, 3.8) is 0 Å². The molecule has 0 saturated heterocycles. The predicted molar refractivity (Wildman–Crippen MR) is 101 cm³/mol. The highest BCUT2D eigenvalue weighted by Gasteiger charge is 2.30. The molecule has 0 N–H and O–H groups in total. The number of allylic oxidation sites excluding steroid dienone is 1. The van der Waals surface area contributed by atoms with E-state index in [4.69, 9.17) is 32.7 Å². The van der Waals surface area contributed by atoms with Crippen LogP contribution in [-0.4, -0.2) is 12.4 Å². The number of Topliss-reactive ketones (excluding diaryl/α,β-unsaturated/α-hetero) is 1. The van der Waals surface area contributed by atoms with E-state index in [2.05, 4.69) is 6.58 Å². The summed E-state index contributed by atoms with van der Waals surface area (Å²) in [5, 5.41) is 0.985. The van der Waals surface area contributed by atoms with Gasteiger partial charge in [-0.15, -0.1) is 0 Å². The minimum absolute atomic E-state index is 0.185. The SMILES string of the molecule is C=C(C)COc1ccc2c(c1C)O/C(=C\c1ccc(Cl)cc1Cl)C2=O. The summed E-state index contributed by atoms with van der Waals surface area (Å²) >= 11 is 12.1. The lowest BCUT2D eigenvalue weighted by Gasteiger charge is -2.11. The van der Waals surface area contributed by atoms with Crippen LogP contribution in [0.25, 0.3) is 6.08 Å². The molecule has 0 bridgehead atoms. The van der Waals surface area contributed by atoms with Gasteiger partial charge in [0.25, 0.3) is 0 Å². The van der Waals surface area contributed by atoms with E-state index < -0.39 is 0 Å². The molecule has 0 aromatic heterocycles. The first-order chi connectivity index (χ1) is 11.9.